The molecule has 0 aromatic rings. The summed E-state index contributed by atoms with van der Waals surface area (Å²) >= 11 is 0. The van der Waals surface area contributed by atoms with Crippen LogP contribution in [0.4, 0.5) is 4.79 Å². The molecule has 3 atom stereocenters. The Kier molecular flexibility index (Phi) is 5.72. The third kappa shape index (κ3) is 3.94. The Balaban J connectivity index is 1.52. The van der Waals surface area contributed by atoms with Crippen molar-refractivity contribution in [3.05, 3.63) is 0 Å². The van der Waals surface area contributed by atoms with E-state index >= 15 is 0 Å². The minimum absolute atomic E-state index is 0.0337. The number of carbonyl (C=O) groups is 4. The molecule has 3 aliphatic rings. The number of ether oxygens (including phenoxy) is 1. The van der Waals surface area contributed by atoms with Crippen molar-refractivity contribution < 1.29 is 23.9 Å². The van der Waals surface area contributed by atoms with Crippen molar-refractivity contribution in [3.8, 4) is 0 Å². The lowest BCUT2D eigenvalue weighted by Crippen LogP contribution is -2.54. The number of nitrogens with one attached hydrogen (secondary N) is 1. The van der Waals surface area contributed by atoms with E-state index in [1.54, 1.807) is 4.90 Å². The lowest BCUT2D eigenvalue weighted by Gasteiger charge is -2.36. The van der Waals surface area contributed by atoms with Crippen LogP contribution in [0.3, 0.4) is 0 Å². The number of esters is 1. The fraction of sp³-hybridized carbons (Fsp3) is 0.789. The highest BCUT2D eigenvalue weighted by Gasteiger charge is 2.55. The summed E-state index contributed by atoms with van der Waals surface area (Å²) in [6.07, 6.45) is 5.41. The fourth-order valence-corrected chi connectivity index (χ4v) is 4.46. The summed E-state index contributed by atoms with van der Waals surface area (Å²) in [6, 6.07) is -0.554. The van der Waals surface area contributed by atoms with E-state index in [2.05, 4.69) is 12.2 Å². The Labute approximate surface area is 159 Å². The van der Waals surface area contributed by atoms with Crippen LogP contribution in [-0.4, -0.2) is 65.4 Å². The summed E-state index contributed by atoms with van der Waals surface area (Å²) in [5, 5.41) is 2.80. The summed E-state index contributed by atoms with van der Waals surface area (Å²) < 4.78 is 5.05. The number of amides is 4. The quantitative estimate of drug-likeness (QED) is 0.586. The van der Waals surface area contributed by atoms with Gasteiger partial charge in [0.05, 0.1) is 0 Å². The number of carbonyl (C=O) groups excluding carboxylic acids is 4. The molecular weight excluding hydrogens is 350 g/mol. The smallest absolute Gasteiger partial charge is 0.326 e. The van der Waals surface area contributed by atoms with Gasteiger partial charge in [-0.15, -0.1) is 0 Å². The number of urea groups is 1. The second-order valence-corrected chi connectivity index (χ2v) is 8.19. The van der Waals surface area contributed by atoms with Crippen LogP contribution in [-0.2, 0) is 19.1 Å². The molecule has 3 rings (SSSR count). The molecule has 4 amide bonds. The minimum Gasteiger partial charge on any atom is -0.454 e. The molecule has 8 nitrogen and oxygen atoms in total. The van der Waals surface area contributed by atoms with Gasteiger partial charge in [-0.1, -0.05) is 26.7 Å². The molecule has 0 radical (unpaired) electrons. The largest absolute Gasteiger partial charge is 0.454 e. The molecule has 150 valence electrons. The van der Waals surface area contributed by atoms with Gasteiger partial charge in [0.15, 0.2) is 6.61 Å². The monoisotopic (exact) mass is 379 g/mol. The predicted octanol–water partition coefficient (Wildman–Crippen LogP) is 1.29. The van der Waals surface area contributed by atoms with Crippen molar-refractivity contribution >= 4 is 23.8 Å². The molecule has 1 aliphatic carbocycles. The minimum atomic E-state index is -0.893. The molecule has 0 aromatic heterocycles. The molecule has 1 N–H and O–H groups in total. The lowest BCUT2D eigenvalue weighted by molar-refractivity contribution is -0.154. The zero-order valence-corrected chi connectivity index (χ0v) is 16.2. The number of piperidine rings is 1. The first-order valence-corrected chi connectivity index (χ1v) is 9.91. The third-order valence-electron chi connectivity index (χ3n) is 6.16. The fourth-order valence-electron chi connectivity index (χ4n) is 4.46. The highest BCUT2D eigenvalue weighted by Crippen LogP contribution is 2.38. The van der Waals surface area contributed by atoms with Crippen molar-refractivity contribution in [1.29, 1.82) is 0 Å². The van der Waals surface area contributed by atoms with Gasteiger partial charge in [0.1, 0.15) is 12.1 Å². The standard InChI is InChI=1S/C19H29N3O5/c1-13-6-5-9-21(10-13)15(23)12-27-16(24)11-22-17(25)19(20-18(22)26)8-4-3-7-14(19)2/h13-14H,3-12H2,1-2H3,(H,20,26)/t13-,14+,19+/m1/s1. The number of nitrogens with zero attached hydrogens (tertiary/aromatic N) is 2. The van der Waals surface area contributed by atoms with Gasteiger partial charge in [0.2, 0.25) is 0 Å². The van der Waals surface area contributed by atoms with E-state index in [0.717, 1.165) is 37.0 Å². The first kappa shape index (κ1) is 19.6. The molecule has 0 aromatic carbocycles. The van der Waals surface area contributed by atoms with Crippen molar-refractivity contribution in [2.24, 2.45) is 11.8 Å². The summed E-state index contributed by atoms with van der Waals surface area (Å²) in [5.41, 5.74) is -0.893. The normalized spacial score (nSPS) is 31.2. The molecule has 2 saturated heterocycles. The SMILES string of the molecule is C[C@@H]1CCCN(C(=O)COC(=O)CN2C(=O)N[C@]3(CCCC[C@@H]3C)C2=O)C1. The maximum Gasteiger partial charge on any atom is 0.326 e. The topological polar surface area (TPSA) is 96.0 Å². The van der Waals surface area contributed by atoms with Crippen molar-refractivity contribution in [2.75, 3.05) is 26.2 Å². The van der Waals surface area contributed by atoms with Gasteiger partial charge >= 0.3 is 12.0 Å². The molecular formula is C19H29N3O5. The summed E-state index contributed by atoms with van der Waals surface area (Å²) in [5.74, 6) is -0.848. The van der Waals surface area contributed by atoms with E-state index in [4.69, 9.17) is 4.74 Å². The van der Waals surface area contributed by atoms with Crippen LogP contribution in [0.15, 0.2) is 0 Å². The molecule has 1 saturated carbocycles. The van der Waals surface area contributed by atoms with Crippen molar-refractivity contribution in [2.45, 2.75) is 57.9 Å². The van der Waals surface area contributed by atoms with E-state index < -0.39 is 24.1 Å². The van der Waals surface area contributed by atoms with Crippen LogP contribution in [0.5, 0.6) is 0 Å². The van der Waals surface area contributed by atoms with Gasteiger partial charge in [0, 0.05) is 13.1 Å². The lowest BCUT2D eigenvalue weighted by atomic mass is 9.73. The maximum atomic E-state index is 12.8. The molecule has 0 unspecified atom stereocenters. The Bertz CT molecular complexity index is 637. The van der Waals surface area contributed by atoms with Crippen molar-refractivity contribution in [3.63, 3.8) is 0 Å². The van der Waals surface area contributed by atoms with E-state index in [0.29, 0.717) is 25.4 Å². The highest BCUT2D eigenvalue weighted by atomic mass is 16.5. The molecule has 2 heterocycles. The second kappa shape index (κ2) is 7.86. The van der Waals surface area contributed by atoms with Gasteiger partial charge < -0.3 is 15.0 Å². The van der Waals surface area contributed by atoms with Crippen LogP contribution in [0.1, 0.15) is 52.4 Å². The summed E-state index contributed by atoms with van der Waals surface area (Å²) in [4.78, 5) is 52.0. The van der Waals surface area contributed by atoms with Gasteiger partial charge in [-0.05, 0) is 37.5 Å². The molecule has 1 spiro atoms. The van der Waals surface area contributed by atoms with Crippen LogP contribution in [0, 0.1) is 11.8 Å². The number of hydrogen-bond donors (Lipinski definition) is 1. The van der Waals surface area contributed by atoms with E-state index in [9.17, 15) is 19.2 Å². The number of hydrogen-bond acceptors (Lipinski definition) is 5. The van der Waals surface area contributed by atoms with Crippen LogP contribution in [0.2, 0.25) is 0 Å². The molecule has 0 bridgehead atoms. The van der Waals surface area contributed by atoms with Crippen molar-refractivity contribution in [1.82, 2.24) is 15.1 Å². The second-order valence-electron chi connectivity index (χ2n) is 8.19. The highest BCUT2D eigenvalue weighted by molar-refractivity contribution is 6.09. The first-order chi connectivity index (χ1) is 12.8. The number of imide groups is 1. The Hall–Kier alpha value is -2.12. The molecule has 2 aliphatic heterocycles. The third-order valence-corrected chi connectivity index (χ3v) is 6.16. The summed E-state index contributed by atoms with van der Waals surface area (Å²) in [7, 11) is 0. The average molecular weight is 379 g/mol. The van der Waals surface area contributed by atoms with Crippen LogP contribution in [0.25, 0.3) is 0 Å². The Morgan fingerprint density at radius 2 is 1.96 bits per heavy atom. The average Bonchev–Trinajstić information content (AvgIpc) is 2.87. The van der Waals surface area contributed by atoms with E-state index in [-0.39, 0.29) is 24.3 Å². The molecule has 3 fully saturated rings. The van der Waals surface area contributed by atoms with Gasteiger partial charge in [-0.2, -0.15) is 0 Å². The first-order valence-electron chi connectivity index (χ1n) is 9.91. The maximum absolute atomic E-state index is 12.8. The Morgan fingerprint density at radius 3 is 2.67 bits per heavy atom. The number of rotatable bonds is 4. The van der Waals surface area contributed by atoms with E-state index in [1.165, 1.54) is 0 Å². The Morgan fingerprint density at radius 1 is 1.19 bits per heavy atom. The summed E-state index contributed by atoms with van der Waals surface area (Å²) in [6.45, 7) is 4.58. The zero-order chi connectivity index (χ0) is 19.6. The van der Waals surface area contributed by atoms with Crippen LogP contribution >= 0.6 is 0 Å². The van der Waals surface area contributed by atoms with E-state index in [1.807, 2.05) is 6.92 Å². The zero-order valence-electron chi connectivity index (χ0n) is 16.2. The molecule has 8 heteroatoms. The van der Waals surface area contributed by atoms with Gasteiger partial charge in [-0.3, -0.25) is 19.3 Å². The van der Waals surface area contributed by atoms with Gasteiger partial charge in [-0.25, -0.2) is 4.79 Å². The predicted molar refractivity (Wildman–Crippen MR) is 96.5 cm³/mol. The van der Waals surface area contributed by atoms with Crippen LogP contribution < -0.4 is 5.32 Å². The molecule has 27 heavy (non-hydrogen) atoms. The number of likely N-dealkylation sites (tertiary alicyclic amines) is 1. The van der Waals surface area contributed by atoms with Gasteiger partial charge in [0.25, 0.3) is 11.8 Å².